The number of hydrogen-bond acceptors (Lipinski definition) is 4. The van der Waals surface area contributed by atoms with E-state index in [0.717, 1.165) is 12.8 Å². The van der Waals surface area contributed by atoms with E-state index in [4.69, 9.17) is 11.6 Å². The summed E-state index contributed by atoms with van der Waals surface area (Å²) in [5, 5.41) is 15.6. The van der Waals surface area contributed by atoms with Crippen LogP contribution in [0.25, 0.3) is 0 Å². The molecule has 0 saturated heterocycles. The number of anilines is 2. The number of carbonyl (C=O) groups excluding carboxylic acids is 2. The minimum Gasteiger partial charge on any atom is -0.378 e. The predicted molar refractivity (Wildman–Crippen MR) is 79.5 cm³/mol. The van der Waals surface area contributed by atoms with E-state index >= 15 is 0 Å². The summed E-state index contributed by atoms with van der Waals surface area (Å²) in [6, 6.07) is 3.55. The number of aliphatic hydroxyl groups excluding tert-OH is 1. The lowest BCUT2D eigenvalue weighted by atomic mass is 10.1. The highest BCUT2D eigenvalue weighted by atomic mass is 35.5. The van der Waals surface area contributed by atoms with Gasteiger partial charge in [0.2, 0.25) is 5.91 Å². The molecule has 3 N–H and O–H groups in total. The van der Waals surface area contributed by atoms with E-state index in [1.54, 1.807) is 24.1 Å². The number of nitrogens with one attached hydrogen (secondary N) is 2. The van der Waals surface area contributed by atoms with Gasteiger partial charge in [0.25, 0.3) is 5.91 Å². The smallest absolute Gasteiger partial charge is 0.257 e. The second-order valence-electron chi connectivity index (χ2n) is 5.48. The Morgan fingerprint density at radius 1 is 1.52 bits per heavy atom. The summed E-state index contributed by atoms with van der Waals surface area (Å²) in [7, 11) is 1.76. The van der Waals surface area contributed by atoms with E-state index in [2.05, 4.69) is 10.6 Å². The number of carbonyl (C=O) groups is 2. The molecule has 6 nitrogen and oxygen atoms in total. The van der Waals surface area contributed by atoms with Crippen LogP contribution in [-0.4, -0.2) is 36.6 Å². The average molecular weight is 310 g/mol. The molecule has 1 atom stereocenters. The molecule has 0 spiro atoms. The molecule has 1 aromatic rings. The van der Waals surface area contributed by atoms with Crippen molar-refractivity contribution in [2.45, 2.75) is 25.0 Å². The lowest BCUT2D eigenvalue weighted by Gasteiger charge is -2.21. The van der Waals surface area contributed by atoms with E-state index in [1.165, 1.54) is 0 Å². The van der Waals surface area contributed by atoms with Crippen LogP contribution in [-0.2, 0) is 9.59 Å². The van der Waals surface area contributed by atoms with Gasteiger partial charge in [-0.05, 0) is 25.0 Å². The minimum atomic E-state index is -1.19. The number of hydrogen-bond donors (Lipinski definition) is 3. The third kappa shape index (κ3) is 2.82. The molecule has 7 heteroatoms. The van der Waals surface area contributed by atoms with Crippen LogP contribution in [0.15, 0.2) is 12.1 Å². The first-order valence-corrected chi connectivity index (χ1v) is 7.16. The predicted octanol–water partition coefficient (Wildman–Crippen LogP) is 1.04. The highest BCUT2D eigenvalue weighted by molar-refractivity contribution is 6.33. The molecule has 1 heterocycles. The summed E-state index contributed by atoms with van der Waals surface area (Å²) in [5.74, 6) is -0.520. The summed E-state index contributed by atoms with van der Waals surface area (Å²) in [4.78, 5) is 25.0. The van der Waals surface area contributed by atoms with Crippen molar-refractivity contribution in [1.82, 2.24) is 5.32 Å². The van der Waals surface area contributed by atoms with Crippen molar-refractivity contribution in [3.8, 4) is 0 Å². The lowest BCUT2D eigenvalue weighted by molar-refractivity contribution is -0.123. The number of likely N-dealkylation sites (N-methyl/N-ethyl adjacent to an activating group) is 1. The molecule has 1 aliphatic heterocycles. The van der Waals surface area contributed by atoms with Gasteiger partial charge in [-0.1, -0.05) is 11.6 Å². The Balaban J connectivity index is 1.77. The molecule has 112 valence electrons. The molecule has 2 aliphatic rings. The van der Waals surface area contributed by atoms with Gasteiger partial charge >= 0.3 is 0 Å². The fourth-order valence-corrected chi connectivity index (χ4v) is 2.66. The van der Waals surface area contributed by atoms with Crippen molar-refractivity contribution in [3.63, 3.8) is 0 Å². The van der Waals surface area contributed by atoms with Gasteiger partial charge in [-0.15, -0.1) is 0 Å². The number of amides is 2. The molecular formula is C14H16ClN3O3. The summed E-state index contributed by atoms with van der Waals surface area (Å²) in [6.45, 7) is 0.186. The van der Waals surface area contributed by atoms with Crippen LogP contribution in [0.1, 0.15) is 24.5 Å². The van der Waals surface area contributed by atoms with Gasteiger partial charge in [0.05, 0.1) is 17.3 Å². The largest absolute Gasteiger partial charge is 0.378 e. The summed E-state index contributed by atoms with van der Waals surface area (Å²) < 4.78 is 0. The quantitative estimate of drug-likeness (QED) is 0.776. The number of benzene rings is 1. The zero-order valence-corrected chi connectivity index (χ0v) is 12.3. The maximum Gasteiger partial charge on any atom is 0.257 e. The number of aliphatic hydroxyl groups is 1. The van der Waals surface area contributed by atoms with Gasteiger partial charge in [-0.25, -0.2) is 0 Å². The molecule has 1 fully saturated rings. The van der Waals surface area contributed by atoms with Crippen LogP contribution in [0.5, 0.6) is 0 Å². The maximum absolute atomic E-state index is 11.8. The van der Waals surface area contributed by atoms with Crippen molar-refractivity contribution in [1.29, 1.82) is 0 Å². The van der Waals surface area contributed by atoms with E-state index in [0.29, 0.717) is 28.0 Å². The van der Waals surface area contributed by atoms with Gasteiger partial charge in [0.15, 0.2) is 6.10 Å². The SMILES string of the molecule is CN(CC(=O)NC1CC1)c1cc2c(cc1Cl)C(O)C(=O)N2. The Bertz CT molecular complexity index is 616. The Hall–Kier alpha value is -1.79. The van der Waals surface area contributed by atoms with Crippen LogP contribution in [0.4, 0.5) is 11.4 Å². The first-order chi connectivity index (χ1) is 9.95. The Kier molecular flexibility index (Phi) is 3.51. The normalized spacial score (nSPS) is 20.0. The van der Waals surface area contributed by atoms with E-state index in [-0.39, 0.29) is 12.5 Å². The van der Waals surface area contributed by atoms with Crippen LogP contribution in [0.3, 0.4) is 0 Å². The zero-order valence-electron chi connectivity index (χ0n) is 11.5. The lowest BCUT2D eigenvalue weighted by Crippen LogP contribution is -2.36. The van der Waals surface area contributed by atoms with Crippen molar-refractivity contribution in [2.24, 2.45) is 0 Å². The Morgan fingerprint density at radius 3 is 2.90 bits per heavy atom. The maximum atomic E-state index is 11.8. The fourth-order valence-electron chi connectivity index (χ4n) is 2.35. The van der Waals surface area contributed by atoms with Crippen molar-refractivity contribution < 1.29 is 14.7 Å². The molecular weight excluding hydrogens is 294 g/mol. The zero-order chi connectivity index (χ0) is 15.1. The van der Waals surface area contributed by atoms with Crippen molar-refractivity contribution in [2.75, 3.05) is 23.8 Å². The number of rotatable bonds is 4. The number of nitrogens with zero attached hydrogens (tertiary/aromatic N) is 1. The van der Waals surface area contributed by atoms with Crippen molar-refractivity contribution >= 4 is 34.8 Å². The highest BCUT2D eigenvalue weighted by Crippen LogP contribution is 2.38. The summed E-state index contributed by atoms with van der Waals surface area (Å²) in [6.07, 6.45) is 0.896. The molecule has 1 unspecified atom stereocenters. The minimum absolute atomic E-state index is 0.0550. The molecule has 3 rings (SSSR count). The van der Waals surface area contributed by atoms with E-state index in [1.807, 2.05) is 0 Å². The molecule has 0 radical (unpaired) electrons. The Morgan fingerprint density at radius 2 is 2.24 bits per heavy atom. The van der Waals surface area contributed by atoms with Gasteiger partial charge in [-0.2, -0.15) is 0 Å². The molecule has 1 saturated carbocycles. The highest BCUT2D eigenvalue weighted by Gasteiger charge is 2.30. The van der Waals surface area contributed by atoms with Crippen molar-refractivity contribution in [3.05, 3.63) is 22.7 Å². The van der Waals surface area contributed by atoms with Gasteiger partial charge in [0, 0.05) is 24.3 Å². The molecule has 1 aromatic carbocycles. The molecule has 1 aliphatic carbocycles. The third-order valence-electron chi connectivity index (χ3n) is 3.65. The fraction of sp³-hybridized carbons (Fsp3) is 0.429. The average Bonchev–Trinajstić information content (AvgIpc) is 3.18. The molecule has 2 amide bonds. The topological polar surface area (TPSA) is 81.7 Å². The first-order valence-electron chi connectivity index (χ1n) is 6.78. The monoisotopic (exact) mass is 309 g/mol. The standard InChI is InChI=1S/C14H16ClN3O3/c1-18(6-12(19)16-7-2-3-7)11-5-10-8(4-9(11)15)13(20)14(21)17-10/h4-5,7,13,20H,2-3,6H2,1H3,(H,16,19)(H,17,21). The second kappa shape index (κ2) is 5.20. The second-order valence-corrected chi connectivity index (χ2v) is 5.89. The van der Waals surface area contributed by atoms with Gasteiger partial charge in [0.1, 0.15) is 0 Å². The summed E-state index contributed by atoms with van der Waals surface area (Å²) >= 11 is 6.19. The van der Waals surface area contributed by atoms with Crippen LogP contribution in [0, 0.1) is 0 Å². The van der Waals surface area contributed by atoms with E-state index in [9.17, 15) is 14.7 Å². The third-order valence-corrected chi connectivity index (χ3v) is 3.96. The van der Waals surface area contributed by atoms with Crippen LogP contribution >= 0.6 is 11.6 Å². The summed E-state index contributed by atoms with van der Waals surface area (Å²) in [5.41, 5.74) is 1.63. The van der Waals surface area contributed by atoms with E-state index < -0.39 is 12.0 Å². The van der Waals surface area contributed by atoms with Crippen LogP contribution < -0.4 is 15.5 Å². The first kappa shape index (κ1) is 14.2. The number of halogens is 1. The molecule has 0 bridgehead atoms. The Labute approximate surface area is 127 Å². The molecule has 0 aromatic heterocycles. The van der Waals surface area contributed by atoms with Crippen LogP contribution in [0.2, 0.25) is 5.02 Å². The number of fused-ring (bicyclic) bond motifs is 1. The van der Waals surface area contributed by atoms with Gasteiger partial charge in [-0.3, -0.25) is 9.59 Å². The van der Waals surface area contributed by atoms with Gasteiger partial charge < -0.3 is 20.6 Å². The molecule has 21 heavy (non-hydrogen) atoms.